The Morgan fingerprint density at radius 3 is 2.27 bits per heavy atom. The van der Waals surface area contributed by atoms with E-state index in [4.69, 9.17) is 5.73 Å². The van der Waals surface area contributed by atoms with Gasteiger partial charge in [-0.2, -0.15) is 0 Å². The maximum absolute atomic E-state index is 6.17. The van der Waals surface area contributed by atoms with Gasteiger partial charge >= 0.3 is 0 Å². The van der Waals surface area contributed by atoms with Gasteiger partial charge in [-0.15, -0.1) is 0 Å². The van der Waals surface area contributed by atoms with Gasteiger partial charge in [-0.3, -0.25) is 0 Å². The van der Waals surface area contributed by atoms with Crippen LogP contribution in [0.2, 0.25) is 0 Å². The quantitative estimate of drug-likeness (QED) is 0.568. The van der Waals surface area contributed by atoms with E-state index in [0.29, 0.717) is 11.5 Å². The Hall–Kier alpha value is -0.0400. The van der Waals surface area contributed by atoms with Crippen LogP contribution in [0.4, 0.5) is 0 Å². The molecule has 2 aliphatic carbocycles. The van der Waals surface area contributed by atoms with Gasteiger partial charge in [0.1, 0.15) is 0 Å². The van der Waals surface area contributed by atoms with E-state index in [1.807, 2.05) is 0 Å². The zero-order chi connectivity index (χ0) is 7.90. The van der Waals surface area contributed by atoms with Gasteiger partial charge < -0.3 is 5.73 Å². The van der Waals surface area contributed by atoms with Crippen LogP contribution in [0.1, 0.15) is 45.4 Å². The highest BCUT2D eigenvalue weighted by Gasteiger charge is 2.47. The highest BCUT2D eigenvalue weighted by Crippen LogP contribution is 2.53. The Morgan fingerprint density at radius 1 is 1.18 bits per heavy atom. The lowest BCUT2D eigenvalue weighted by atomic mass is 9.75. The summed E-state index contributed by atoms with van der Waals surface area (Å²) in [6.07, 6.45) is 8.34. The van der Waals surface area contributed by atoms with Crippen LogP contribution in [0.15, 0.2) is 0 Å². The Balaban J connectivity index is 2.19. The minimum absolute atomic E-state index is 0.528. The average Bonchev–Trinajstić information content (AvgIpc) is 2.48. The van der Waals surface area contributed by atoms with Crippen molar-refractivity contribution < 1.29 is 0 Å². The van der Waals surface area contributed by atoms with Gasteiger partial charge in [-0.1, -0.05) is 26.2 Å². The molecule has 64 valence electrons. The molecule has 2 aliphatic rings. The molecule has 0 heterocycles. The molecule has 0 bridgehead atoms. The highest BCUT2D eigenvalue weighted by atomic mass is 14.7. The average molecular weight is 153 g/mol. The lowest BCUT2D eigenvalue weighted by Gasteiger charge is -2.33. The molecule has 0 radical (unpaired) electrons. The van der Waals surface area contributed by atoms with Gasteiger partial charge in [0.25, 0.3) is 0 Å². The largest absolute Gasteiger partial charge is 0.327 e. The fraction of sp³-hybridized carbons (Fsp3) is 1.00. The van der Waals surface area contributed by atoms with Crippen LogP contribution < -0.4 is 5.73 Å². The van der Waals surface area contributed by atoms with Gasteiger partial charge in [0.05, 0.1) is 0 Å². The molecular formula is C10H19N. The van der Waals surface area contributed by atoms with Crippen molar-refractivity contribution in [1.82, 2.24) is 0 Å². The zero-order valence-electron chi connectivity index (χ0n) is 7.47. The lowest BCUT2D eigenvalue weighted by molar-refractivity contribution is 0.194. The summed E-state index contributed by atoms with van der Waals surface area (Å²) in [5.41, 5.74) is 6.75. The van der Waals surface area contributed by atoms with Gasteiger partial charge in [0.2, 0.25) is 0 Å². The summed E-state index contributed by atoms with van der Waals surface area (Å²) >= 11 is 0. The zero-order valence-corrected chi connectivity index (χ0v) is 7.47. The first-order valence-electron chi connectivity index (χ1n) is 5.01. The van der Waals surface area contributed by atoms with E-state index < -0.39 is 0 Å². The Kier molecular flexibility index (Phi) is 1.71. The maximum Gasteiger partial charge on any atom is 0.00981 e. The molecule has 2 N–H and O–H groups in total. The lowest BCUT2D eigenvalue weighted by Crippen LogP contribution is -2.38. The number of hydrogen-bond acceptors (Lipinski definition) is 1. The maximum atomic E-state index is 6.17. The van der Waals surface area contributed by atoms with Crippen molar-refractivity contribution in [2.24, 2.45) is 17.1 Å². The summed E-state index contributed by atoms with van der Waals surface area (Å²) in [6, 6.07) is 0.528. The van der Waals surface area contributed by atoms with E-state index >= 15 is 0 Å². The summed E-state index contributed by atoms with van der Waals surface area (Å²) in [4.78, 5) is 0. The van der Waals surface area contributed by atoms with Gasteiger partial charge in [0.15, 0.2) is 0 Å². The molecule has 0 amide bonds. The van der Waals surface area contributed by atoms with E-state index in [-0.39, 0.29) is 0 Å². The fourth-order valence-corrected chi connectivity index (χ4v) is 3.32. The van der Waals surface area contributed by atoms with Crippen molar-refractivity contribution in [2.45, 2.75) is 51.5 Å². The predicted molar refractivity (Wildman–Crippen MR) is 47.3 cm³/mol. The smallest absolute Gasteiger partial charge is 0.00981 e. The minimum atomic E-state index is 0.528. The molecule has 1 unspecified atom stereocenters. The molecule has 1 spiro atoms. The standard InChI is InChI=1S/C10H19N/c1-8-4-2-6-10(8)7-3-5-9(10)11/h8-9H,2-7,11H2,1H3/t8-,9?,10-/m1/s1. The van der Waals surface area contributed by atoms with Crippen molar-refractivity contribution in [3.8, 4) is 0 Å². The molecule has 2 rings (SSSR count). The third kappa shape index (κ3) is 0.936. The molecule has 11 heavy (non-hydrogen) atoms. The molecule has 3 atom stereocenters. The summed E-state index contributed by atoms with van der Waals surface area (Å²) < 4.78 is 0. The normalized spacial score (nSPS) is 50.7. The van der Waals surface area contributed by atoms with Crippen LogP contribution in [0, 0.1) is 11.3 Å². The Labute approximate surface area is 69.4 Å². The summed E-state index contributed by atoms with van der Waals surface area (Å²) in [7, 11) is 0. The summed E-state index contributed by atoms with van der Waals surface area (Å²) in [6.45, 7) is 2.40. The van der Waals surface area contributed by atoms with Crippen molar-refractivity contribution in [2.75, 3.05) is 0 Å². The fourth-order valence-electron chi connectivity index (χ4n) is 3.32. The van der Waals surface area contributed by atoms with E-state index in [0.717, 1.165) is 5.92 Å². The first-order chi connectivity index (χ1) is 5.26. The van der Waals surface area contributed by atoms with E-state index in [1.165, 1.54) is 38.5 Å². The summed E-state index contributed by atoms with van der Waals surface area (Å²) in [5.74, 6) is 0.903. The molecular weight excluding hydrogens is 134 g/mol. The van der Waals surface area contributed by atoms with Gasteiger partial charge in [-0.05, 0) is 30.6 Å². The number of hydrogen-bond donors (Lipinski definition) is 1. The SMILES string of the molecule is C[C@@H]1CCC[C@@]12CCCC2N. The summed E-state index contributed by atoms with van der Waals surface area (Å²) in [5, 5.41) is 0. The Morgan fingerprint density at radius 2 is 1.82 bits per heavy atom. The molecule has 2 saturated carbocycles. The van der Waals surface area contributed by atoms with Crippen molar-refractivity contribution in [3.63, 3.8) is 0 Å². The second kappa shape index (κ2) is 2.48. The number of rotatable bonds is 0. The monoisotopic (exact) mass is 153 g/mol. The van der Waals surface area contributed by atoms with E-state index in [2.05, 4.69) is 6.92 Å². The van der Waals surface area contributed by atoms with Crippen molar-refractivity contribution >= 4 is 0 Å². The van der Waals surface area contributed by atoms with Crippen LogP contribution in [0.3, 0.4) is 0 Å². The molecule has 2 fully saturated rings. The highest BCUT2D eigenvalue weighted by molar-refractivity contribution is 5.00. The molecule has 0 saturated heterocycles. The van der Waals surface area contributed by atoms with Crippen LogP contribution >= 0.6 is 0 Å². The van der Waals surface area contributed by atoms with Crippen LogP contribution in [-0.2, 0) is 0 Å². The molecule has 0 aromatic heterocycles. The van der Waals surface area contributed by atoms with Crippen molar-refractivity contribution in [3.05, 3.63) is 0 Å². The third-order valence-corrected chi connectivity index (χ3v) is 4.16. The van der Waals surface area contributed by atoms with Crippen molar-refractivity contribution in [1.29, 1.82) is 0 Å². The molecule has 0 aromatic carbocycles. The van der Waals surface area contributed by atoms with E-state index in [9.17, 15) is 0 Å². The van der Waals surface area contributed by atoms with Crippen LogP contribution in [0.25, 0.3) is 0 Å². The molecule has 0 aromatic rings. The van der Waals surface area contributed by atoms with Crippen LogP contribution in [-0.4, -0.2) is 6.04 Å². The molecule has 0 aliphatic heterocycles. The minimum Gasteiger partial charge on any atom is -0.327 e. The molecule has 1 nitrogen and oxygen atoms in total. The van der Waals surface area contributed by atoms with Gasteiger partial charge in [0, 0.05) is 6.04 Å². The van der Waals surface area contributed by atoms with Crippen LogP contribution in [0.5, 0.6) is 0 Å². The second-order valence-electron chi connectivity index (χ2n) is 4.53. The first kappa shape index (κ1) is 7.60. The Bertz CT molecular complexity index is 135. The van der Waals surface area contributed by atoms with E-state index in [1.54, 1.807) is 0 Å². The number of nitrogens with two attached hydrogens (primary N) is 1. The predicted octanol–water partition coefficient (Wildman–Crippen LogP) is 2.30. The van der Waals surface area contributed by atoms with Gasteiger partial charge in [-0.25, -0.2) is 0 Å². The topological polar surface area (TPSA) is 26.0 Å². The third-order valence-electron chi connectivity index (χ3n) is 4.16. The molecule has 1 heteroatoms. The first-order valence-corrected chi connectivity index (χ1v) is 5.01. The second-order valence-corrected chi connectivity index (χ2v) is 4.53.